The van der Waals surface area contributed by atoms with Crippen LogP contribution in [-0.2, 0) is 0 Å². The Morgan fingerprint density at radius 1 is 1.38 bits per heavy atom. The normalized spacial score (nSPS) is 16.2. The summed E-state index contributed by atoms with van der Waals surface area (Å²) < 4.78 is 13.4. The van der Waals surface area contributed by atoms with Gasteiger partial charge in [-0.1, -0.05) is 0 Å². The summed E-state index contributed by atoms with van der Waals surface area (Å²) in [6.07, 6.45) is 0. The fourth-order valence-electron chi connectivity index (χ4n) is 1.72. The third-order valence-electron chi connectivity index (χ3n) is 2.59. The van der Waals surface area contributed by atoms with Crippen LogP contribution in [0.15, 0.2) is 18.2 Å². The molecule has 16 heavy (non-hydrogen) atoms. The Morgan fingerprint density at radius 2 is 2.06 bits per heavy atom. The van der Waals surface area contributed by atoms with Gasteiger partial charge in [0.05, 0.1) is 5.56 Å². The predicted molar refractivity (Wildman–Crippen MR) is 56.8 cm³/mol. The van der Waals surface area contributed by atoms with E-state index in [1.807, 2.05) is 0 Å². The summed E-state index contributed by atoms with van der Waals surface area (Å²) in [5, 5.41) is 12.2. The van der Waals surface area contributed by atoms with Crippen LogP contribution in [0.5, 0.6) is 5.75 Å². The lowest BCUT2D eigenvalue weighted by Crippen LogP contribution is -2.46. The quantitative estimate of drug-likeness (QED) is 0.733. The number of phenols is 1. The van der Waals surface area contributed by atoms with Crippen LogP contribution in [0.25, 0.3) is 0 Å². The number of phenolic OH excluding ortho intramolecular Hbond substituents is 1. The number of hydrogen-bond acceptors (Lipinski definition) is 3. The number of nitrogens with zero attached hydrogens (tertiary/aromatic N) is 1. The van der Waals surface area contributed by atoms with Crippen molar-refractivity contribution in [1.82, 2.24) is 10.2 Å². The molecule has 1 amide bonds. The maximum absolute atomic E-state index is 13.4. The van der Waals surface area contributed by atoms with Crippen molar-refractivity contribution in [2.45, 2.75) is 0 Å². The zero-order valence-electron chi connectivity index (χ0n) is 8.74. The number of hydrogen-bond donors (Lipinski definition) is 2. The van der Waals surface area contributed by atoms with E-state index in [2.05, 4.69) is 5.32 Å². The van der Waals surface area contributed by atoms with Gasteiger partial charge in [-0.25, -0.2) is 4.39 Å². The lowest BCUT2D eigenvalue weighted by Gasteiger charge is -2.27. The summed E-state index contributed by atoms with van der Waals surface area (Å²) >= 11 is 0. The van der Waals surface area contributed by atoms with Crippen molar-refractivity contribution in [3.05, 3.63) is 29.6 Å². The predicted octanol–water partition coefficient (Wildman–Crippen LogP) is 0.577. The van der Waals surface area contributed by atoms with E-state index in [4.69, 9.17) is 5.11 Å². The molecule has 86 valence electrons. The molecular weight excluding hydrogens is 211 g/mol. The number of piperazine rings is 1. The van der Waals surface area contributed by atoms with E-state index in [-0.39, 0.29) is 17.2 Å². The molecule has 0 radical (unpaired) electrons. The lowest BCUT2D eigenvalue weighted by atomic mass is 10.1. The Labute approximate surface area is 92.7 Å². The SMILES string of the molecule is O=C(c1ccc(O)cc1F)N1CCNCC1. The molecule has 2 rings (SSSR count). The molecule has 5 heteroatoms. The van der Waals surface area contributed by atoms with E-state index in [1.54, 1.807) is 4.90 Å². The van der Waals surface area contributed by atoms with Gasteiger partial charge in [0, 0.05) is 32.2 Å². The second kappa shape index (κ2) is 4.49. The average molecular weight is 224 g/mol. The first-order valence-electron chi connectivity index (χ1n) is 5.17. The van der Waals surface area contributed by atoms with Gasteiger partial charge in [-0.3, -0.25) is 4.79 Å². The molecule has 0 aliphatic carbocycles. The van der Waals surface area contributed by atoms with Crippen LogP contribution in [0.4, 0.5) is 4.39 Å². The number of carbonyl (C=O) groups excluding carboxylic acids is 1. The number of benzene rings is 1. The molecule has 0 unspecified atom stereocenters. The third kappa shape index (κ3) is 2.14. The van der Waals surface area contributed by atoms with Gasteiger partial charge in [0.1, 0.15) is 11.6 Å². The first-order chi connectivity index (χ1) is 7.68. The highest BCUT2D eigenvalue weighted by atomic mass is 19.1. The van der Waals surface area contributed by atoms with Crippen molar-refractivity contribution >= 4 is 5.91 Å². The minimum Gasteiger partial charge on any atom is -0.508 e. The summed E-state index contributed by atoms with van der Waals surface area (Å²) in [4.78, 5) is 13.5. The monoisotopic (exact) mass is 224 g/mol. The Kier molecular flexibility index (Phi) is 3.05. The first-order valence-corrected chi connectivity index (χ1v) is 5.17. The number of halogens is 1. The van der Waals surface area contributed by atoms with Crippen LogP contribution in [0.1, 0.15) is 10.4 Å². The second-order valence-corrected chi connectivity index (χ2v) is 3.71. The van der Waals surface area contributed by atoms with Crippen LogP contribution in [0, 0.1) is 5.82 Å². The van der Waals surface area contributed by atoms with Crippen molar-refractivity contribution in [2.24, 2.45) is 0 Å². The lowest BCUT2D eigenvalue weighted by molar-refractivity contribution is 0.0731. The van der Waals surface area contributed by atoms with Gasteiger partial charge in [0.15, 0.2) is 0 Å². The Hall–Kier alpha value is -1.62. The van der Waals surface area contributed by atoms with Crippen molar-refractivity contribution in [3.8, 4) is 5.75 Å². The summed E-state index contributed by atoms with van der Waals surface area (Å²) in [6.45, 7) is 2.62. The van der Waals surface area contributed by atoms with Gasteiger partial charge in [0.2, 0.25) is 0 Å². The maximum Gasteiger partial charge on any atom is 0.256 e. The molecule has 2 N–H and O–H groups in total. The molecule has 1 fully saturated rings. The number of carbonyl (C=O) groups is 1. The maximum atomic E-state index is 13.4. The van der Waals surface area contributed by atoms with E-state index in [0.29, 0.717) is 13.1 Å². The second-order valence-electron chi connectivity index (χ2n) is 3.71. The Bertz CT molecular complexity index is 403. The summed E-state index contributed by atoms with van der Waals surface area (Å²) in [5.74, 6) is -1.17. The molecule has 0 bridgehead atoms. The topological polar surface area (TPSA) is 52.6 Å². The zero-order chi connectivity index (χ0) is 11.5. The molecule has 1 aromatic rings. The van der Waals surface area contributed by atoms with Crippen LogP contribution < -0.4 is 5.32 Å². The molecule has 4 nitrogen and oxygen atoms in total. The van der Waals surface area contributed by atoms with Gasteiger partial charge in [0.25, 0.3) is 5.91 Å². The largest absolute Gasteiger partial charge is 0.508 e. The highest BCUT2D eigenvalue weighted by Crippen LogP contribution is 2.16. The Balaban J connectivity index is 2.19. The molecule has 0 saturated carbocycles. The van der Waals surface area contributed by atoms with Gasteiger partial charge >= 0.3 is 0 Å². The standard InChI is InChI=1S/C11H13FN2O2/c12-10-7-8(15)1-2-9(10)11(16)14-5-3-13-4-6-14/h1-2,7,13,15H,3-6H2. The molecule has 0 spiro atoms. The smallest absolute Gasteiger partial charge is 0.256 e. The molecular formula is C11H13FN2O2. The number of amides is 1. The minimum atomic E-state index is -0.677. The summed E-state index contributed by atoms with van der Waals surface area (Å²) in [6, 6.07) is 3.59. The van der Waals surface area contributed by atoms with Gasteiger partial charge in [-0.15, -0.1) is 0 Å². The van der Waals surface area contributed by atoms with E-state index in [9.17, 15) is 9.18 Å². The molecule has 1 saturated heterocycles. The molecule has 0 atom stereocenters. The van der Waals surface area contributed by atoms with Crippen LogP contribution in [-0.4, -0.2) is 42.1 Å². The minimum absolute atomic E-state index is 0.0136. The average Bonchev–Trinajstić information content (AvgIpc) is 2.29. The van der Waals surface area contributed by atoms with E-state index >= 15 is 0 Å². The highest BCUT2D eigenvalue weighted by Gasteiger charge is 2.20. The van der Waals surface area contributed by atoms with Crippen molar-refractivity contribution in [3.63, 3.8) is 0 Å². The van der Waals surface area contributed by atoms with E-state index < -0.39 is 5.82 Å². The fraction of sp³-hybridized carbons (Fsp3) is 0.364. The molecule has 1 aromatic carbocycles. The van der Waals surface area contributed by atoms with Crippen LogP contribution >= 0.6 is 0 Å². The zero-order valence-corrected chi connectivity index (χ0v) is 8.74. The van der Waals surface area contributed by atoms with Gasteiger partial charge in [-0.2, -0.15) is 0 Å². The van der Waals surface area contributed by atoms with Crippen LogP contribution in [0.2, 0.25) is 0 Å². The molecule has 1 aliphatic heterocycles. The molecule has 0 aromatic heterocycles. The van der Waals surface area contributed by atoms with E-state index in [1.165, 1.54) is 12.1 Å². The summed E-state index contributed by atoms with van der Waals surface area (Å²) in [7, 11) is 0. The summed E-state index contributed by atoms with van der Waals surface area (Å²) in [5.41, 5.74) is 0.0136. The molecule has 1 aliphatic rings. The number of nitrogens with one attached hydrogen (secondary N) is 1. The number of aromatic hydroxyl groups is 1. The van der Waals surface area contributed by atoms with Gasteiger partial charge < -0.3 is 15.3 Å². The van der Waals surface area contributed by atoms with E-state index in [0.717, 1.165) is 19.2 Å². The first kappa shape index (κ1) is 10.9. The van der Waals surface area contributed by atoms with Crippen molar-refractivity contribution < 1.29 is 14.3 Å². The van der Waals surface area contributed by atoms with Crippen molar-refractivity contribution in [1.29, 1.82) is 0 Å². The third-order valence-corrected chi connectivity index (χ3v) is 2.59. The fourth-order valence-corrected chi connectivity index (χ4v) is 1.72. The highest BCUT2D eigenvalue weighted by molar-refractivity contribution is 5.94. The Morgan fingerprint density at radius 3 is 2.69 bits per heavy atom. The number of rotatable bonds is 1. The van der Waals surface area contributed by atoms with Crippen molar-refractivity contribution in [2.75, 3.05) is 26.2 Å². The van der Waals surface area contributed by atoms with Crippen LogP contribution in [0.3, 0.4) is 0 Å². The molecule has 1 heterocycles. The van der Waals surface area contributed by atoms with Gasteiger partial charge in [-0.05, 0) is 12.1 Å².